The highest BCUT2D eigenvalue weighted by atomic mass is 16.5. The lowest BCUT2D eigenvalue weighted by Crippen LogP contribution is -2.20. The summed E-state index contributed by atoms with van der Waals surface area (Å²) >= 11 is 0. The molecule has 3 rings (SSSR count). The predicted octanol–water partition coefficient (Wildman–Crippen LogP) is 3.85. The third-order valence-electron chi connectivity index (χ3n) is 4.88. The first-order valence-electron chi connectivity index (χ1n) is 7.15. The minimum absolute atomic E-state index is 0.898. The first-order chi connectivity index (χ1) is 8.76. The molecule has 2 fully saturated rings. The summed E-state index contributed by atoms with van der Waals surface area (Å²) < 4.78 is 5.29. The smallest absolute Gasteiger partial charge is 0.120 e. The summed E-state index contributed by atoms with van der Waals surface area (Å²) in [6, 6.07) is 6.27. The monoisotopic (exact) mass is 245 g/mol. The number of anilines is 1. The van der Waals surface area contributed by atoms with E-state index in [4.69, 9.17) is 4.74 Å². The summed E-state index contributed by atoms with van der Waals surface area (Å²) in [4.78, 5) is 0. The quantitative estimate of drug-likeness (QED) is 0.870. The molecule has 0 aromatic heterocycles. The summed E-state index contributed by atoms with van der Waals surface area (Å²) in [5.41, 5.74) is 2.54. The molecule has 0 saturated heterocycles. The van der Waals surface area contributed by atoms with E-state index in [0.717, 1.165) is 30.0 Å². The lowest BCUT2D eigenvalue weighted by atomic mass is 9.89. The molecule has 0 heterocycles. The van der Waals surface area contributed by atoms with Crippen LogP contribution >= 0.6 is 0 Å². The van der Waals surface area contributed by atoms with Crippen LogP contribution in [0.25, 0.3) is 0 Å². The van der Waals surface area contributed by atoms with Crippen molar-refractivity contribution in [2.24, 2.45) is 17.8 Å². The second-order valence-electron chi connectivity index (χ2n) is 6.00. The van der Waals surface area contributed by atoms with Crippen molar-refractivity contribution in [3.63, 3.8) is 0 Å². The molecular formula is C16H23NO. The number of hydrogen-bond donors (Lipinski definition) is 1. The molecule has 3 atom stereocenters. The van der Waals surface area contributed by atoms with E-state index < -0.39 is 0 Å². The van der Waals surface area contributed by atoms with Crippen molar-refractivity contribution in [2.45, 2.75) is 32.6 Å². The molecule has 18 heavy (non-hydrogen) atoms. The van der Waals surface area contributed by atoms with Gasteiger partial charge in [-0.05, 0) is 55.6 Å². The van der Waals surface area contributed by atoms with Crippen LogP contribution in [0.3, 0.4) is 0 Å². The molecule has 1 N–H and O–H groups in total. The molecule has 1 aromatic rings. The van der Waals surface area contributed by atoms with Crippen LogP contribution in [0.5, 0.6) is 5.75 Å². The van der Waals surface area contributed by atoms with E-state index in [9.17, 15) is 0 Å². The highest BCUT2D eigenvalue weighted by Crippen LogP contribution is 2.48. The highest BCUT2D eigenvalue weighted by molar-refractivity contribution is 5.54. The van der Waals surface area contributed by atoms with Gasteiger partial charge in [0.05, 0.1) is 7.11 Å². The Kier molecular flexibility index (Phi) is 3.19. The van der Waals surface area contributed by atoms with Crippen molar-refractivity contribution in [2.75, 3.05) is 19.0 Å². The number of hydrogen-bond acceptors (Lipinski definition) is 2. The Labute approximate surface area is 110 Å². The molecule has 2 bridgehead atoms. The lowest BCUT2D eigenvalue weighted by molar-refractivity contribution is 0.348. The average molecular weight is 245 g/mol. The van der Waals surface area contributed by atoms with Gasteiger partial charge >= 0.3 is 0 Å². The Morgan fingerprint density at radius 3 is 2.83 bits per heavy atom. The van der Waals surface area contributed by atoms with Crippen LogP contribution in [0, 0.1) is 24.7 Å². The standard InChI is InChI=1S/C16H23NO/c1-11-3-6-15(18-2)9-16(11)17-10-14-8-12-4-5-13(14)7-12/h3,6,9,12-14,17H,4-5,7-8,10H2,1-2H3. The van der Waals surface area contributed by atoms with Gasteiger partial charge in [-0.15, -0.1) is 0 Å². The number of ether oxygens (including phenoxy) is 1. The van der Waals surface area contributed by atoms with E-state index in [1.807, 2.05) is 6.07 Å². The maximum Gasteiger partial charge on any atom is 0.120 e. The Morgan fingerprint density at radius 2 is 2.17 bits per heavy atom. The van der Waals surface area contributed by atoms with Crippen LogP contribution in [0.4, 0.5) is 5.69 Å². The first kappa shape index (κ1) is 11.9. The molecular weight excluding hydrogens is 222 g/mol. The topological polar surface area (TPSA) is 21.3 Å². The summed E-state index contributed by atoms with van der Waals surface area (Å²) in [7, 11) is 1.73. The second kappa shape index (κ2) is 4.83. The molecule has 0 amide bonds. The van der Waals surface area contributed by atoms with Crippen molar-refractivity contribution >= 4 is 5.69 Å². The maximum atomic E-state index is 5.29. The van der Waals surface area contributed by atoms with Crippen molar-refractivity contribution in [3.05, 3.63) is 23.8 Å². The molecule has 2 aliphatic rings. The van der Waals surface area contributed by atoms with Crippen LogP contribution in [-0.2, 0) is 0 Å². The van der Waals surface area contributed by atoms with Gasteiger partial charge in [0.1, 0.15) is 5.75 Å². The van der Waals surface area contributed by atoms with Gasteiger partial charge in [-0.2, -0.15) is 0 Å². The zero-order valence-corrected chi connectivity index (χ0v) is 11.4. The molecule has 98 valence electrons. The van der Waals surface area contributed by atoms with E-state index in [2.05, 4.69) is 24.4 Å². The molecule has 2 nitrogen and oxygen atoms in total. The third kappa shape index (κ3) is 2.21. The summed E-state index contributed by atoms with van der Waals surface area (Å²) in [6.45, 7) is 3.29. The van der Waals surface area contributed by atoms with Crippen LogP contribution in [0.15, 0.2) is 18.2 Å². The fraction of sp³-hybridized carbons (Fsp3) is 0.625. The van der Waals surface area contributed by atoms with Gasteiger partial charge < -0.3 is 10.1 Å². The van der Waals surface area contributed by atoms with Crippen LogP contribution in [0.1, 0.15) is 31.2 Å². The van der Waals surface area contributed by atoms with Gasteiger partial charge in [0.15, 0.2) is 0 Å². The van der Waals surface area contributed by atoms with E-state index >= 15 is 0 Å². The van der Waals surface area contributed by atoms with Crippen LogP contribution < -0.4 is 10.1 Å². The Bertz CT molecular complexity index is 429. The zero-order valence-electron chi connectivity index (χ0n) is 11.4. The van der Waals surface area contributed by atoms with Crippen molar-refractivity contribution < 1.29 is 4.74 Å². The Balaban J connectivity index is 1.62. The van der Waals surface area contributed by atoms with E-state index in [1.165, 1.54) is 36.9 Å². The molecule has 3 unspecified atom stereocenters. The lowest BCUT2D eigenvalue weighted by Gasteiger charge is -2.23. The Hall–Kier alpha value is -1.18. The number of fused-ring (bicyclic) bond motifs is 2. The largest absolute Gasteiger partial charge is 0.497 e. The van der Waals surface area contributed by atoms with Gasteiger partial charge in [0, 0.05) is 18.3 Å². The molecule has 0 radical (unpaired) electrons. The van der Waals surface area contributed by atoms with Gasteiger partial charge in [-0.3, -0.25) is 0 Å². The normalized spacial score (nSPS) is 29.6. The number of nitrogens with one attached hydrogen (secondary N) is 1. The van der Waals surface area contributed by atoms with E-state index in [1.54, 1.807) is 7.11 Å². The molecule has 2 saturated carbocycles. The van der Waals surface area contributed by atoms with E-state index in [-0.39, 0.29) is 0 Å². The van der Waals surface area contributed by atoms with Gasteiger partial charge in [0.25, 0.3) is 0 Å². The number of benzene rings is 1. The summed E-state index contributed by atoms with van der Waals surface area (Å²) in [6.07, 6.45) is 5.89. The van der Waals surface area contributed by atoms with Crippen molar-refractivity contribution in [1.82, 2.24) is 0 Å². The highest BCUT2D eigenvalue weighted by Gasteiger charge is 2.39. The average Bonchev–Trinajstić information content (AvgIpc) is 3.00. The van der Waals surface area contributed by atoms with Crippen molar-refractivity contribution in [3.8, 4) is 5.75 Å². The SMILES string of the molecule is COc1ccc(C)c(NCC2CC3CCC2C3)c1. The van der Waals surface area contributed by atoms with Crippen molar-refractivity contribution in [1.29, 1.82) is 0 Å². The Morgan fingerprint density at radius 1 is 1.28 bits per heavy atom. The van der Waals surface area contributed by atoms with Gasteiger partial charge in [-0.1, -0.05) is 12.5 Å². The minimum Gasteiger partial charge on any atom is -0.497 e. The van der Waals surface area contributed by atoms with Gasteiger partial charge in [-0.25, -0.2) is 0 Å². The fourth-order valence-electron chi connectivity index (χ4n) is 3.79. The third-order valence-corrected chi connectivity index (χ3v) is 4.88. The first-order valence-corrected chi connectivity index (χ1v) is 7.15. The van der Waals surface area contributed by atoms with Gasteiger partial charge in [0.2, 0.25) is 0 Å². The molecule has 0 aliphatic heterocycles. The van der Waals surface area contributed by atoms with Crippen LogP contribution in [0.2, 0.25) is 0 Å². The second-order valence-corrected chi connectivity index (χ2v) is 6.00. The van der Waals surface area contributed by atoms with E-state index in [0.29, 0.717) is 0 Å². The number of rotatable bonds is 4. The molecule has 1 aromatic carbocycles. The predicted molar refractivity (Wildman–Crippen MR) is 75.2 cm³/mol. The number of aryl methyl sites for hydroxylation is 1. The minimum atomic E-state index is 0.898. The number of methoxy groups -OCH3 is 1. The summed E-state index contributed by atoms with van der Waals surface area (Å²) in [5.74, 6) is 3.87. The molecule has 2 aliphatic carbocycles. The van der Waals surface area contributed by atoms with Crippen LogP contribution in [-0.4, -0.2) is 13.7 Å². The maximum absolute atomic E-state index is 5.29. The summed E-state index contributed by atoms with van der Waals surface area (Å²) in [5, 5.41) is 3.63. The fourth-order valence-corrected chi connectivity index (χ4v) is 3.79. The molecule has 0 spiro atoms. The molecule has 2 heteroatoms. The zero-order chi connectivity index (χ0) is 12.5.